The molecule has 22 heteroatoms. The molecule has 1 amide bonds. The normalized spacial score (nSPS) is 16.4. The summed E-state index contributed by atoms with van der Waals surface area (Å²) in [5.74, 6) is -16.9. The largest absolute Gasteiger partial charge is 0.466 e. The van der Waals surface area contributed by atoms with Crippen molar-refractivity contribution >= 4 is 22.0 Å². The molecule has 2 atom stereocenters. The number of alkyl halides is 13. The molecule has 2 unspecified atom stereocenters. The van der Waals surface area contributed by atoms with Crippen LogP contribution in [-0.4, -0.2) is 73.0 Å². The van der Waals surface area contributed by atoms with E-state index in [2.05, 4.69) is 16.1 Å². The van der Waals surface area contributed by atoms with Gasteiger partial charge in [-0.25, -0.2) is 4.79 Å². The summed E-state index contributed by atoms with van der Waals surface area (Å²) in [5.41, 5.74) is -2.68. The summed E-state index contributed by atoms with van der Waals surface area (Å²) in [6.07, 6.45) is -22.5. The lowest BCUT2D eigenvalue weighted by atomic mass is 10.1. The predicted molar refractivity (Wildman–Crippen MR) is 95.0 cm³/mol. The van der Waals surface area contributed by atoms with Crippen LogP contribution < -0.4 is 5.32 Å². The average Bonchev–Trinajstić information content (AvgIpc) is 2.68. The van der Waals surface area contributed by atoms with Gasteiger partial charge < -0.3 is 14.8 Å². The van der Waals surface area contributed by atoms with E-state index in [4.69, 9.17) is 4.55 Å². The van der Waals surface area contributed by atoms with Gasteiger partial charge in [0.1, 0.15) is 11.6 Å². The number of unbranched alkanes of at least 4 members (excludes halogenated alkanes) is 1. The minimum absolute atomic E-state index is 0.0625. The lowest BCUT2D eigenvalue weighted by Gasteiger charge is -2.34. The Kier molecular flexibility index (Phi) is 10.7. The molecule has 224 valence electrons. The van der Waals surface area contributed by atoms with Crippen LogP contribution in [0.3, 0.4) is 0 Å². The maximum absolute atomic E-state index is 13.7. The maximum atomic E-state index is 13.7. The SMILES string of the molecule is C=C(C(=O)OC(OCCCCC(F)(F)C(F)(F)S(=O)(=O)O)(C(=O)NC(C)C(F)(F)F)C(F)(F)F)C(F)(F)F. The first kappa shape index (κ1) is 35.6. The zero-order valence-corrected chi connectivity index (χ0v) is 19.1. The molecule has 0 aliphatic carbocycles. The third-order valence-corrected chi connectivity index (χ3v) is 5.22. The van der Waals surface area contributed by atoms with E-state index in [-0.39, 0.29) is 6.92 Å². The number of nitrogens with one attached hydrogen (secondary N) is 1. The van der Waals surface area contributed by atoms with Gasteiger partial charge in [0.25, 0.3) is 0 Å². The molecule has 0 rings (SSSR count). The zero-order chi connectivity index (χ0) is 30.8. The maximum Gasteiger partial charge on any atom is 0.466 e. The van der Waals surface area contributed by atoms with Gasteiger partial charge in [-0.2, -0.15) is 65.5 Å². The van der Waals surface area contributed by atoms with E-state index in [1.807, 2.05) is 0 Å². The van der Waals surface area contributed by atoms with Crippen molar-refractivity contribution < 1.29 is 89.1 Å². The minimum Gasteiger partial charge on any atom is -0.412 e. The highest BCUT2D eigenvalue weighted by molar-refractivity contribution is 7.87. The summed E-state index contributed by atoms with van der Waals surface area (Å²) in [5, 5.41) is -5.43. The first-order chi connectivity index (χ1) is 16.5. The number of esters is 1. The molecule has 38 heavy (non-hydrogen) atoms. The summed E-state index contributed by atoms with van der Waals surface area (Å²) in [6.45, 7) is 0.364. The van der Waals surface area contributed by atoms with Crippen LogP contribution in [0.2, 0.25) is 0 Å². The number of ether oxygens (including phenoxy) is 2. The number of hydrogen-bond acceptors (Lipinski definition) is 6. The number of amides is 1. The van der Waals surface area contributed by atoms with Crippen molar-refractivity contribution in [2.45, 2.75) is 67.7 Å². The molecule has 0 fully saturated rings. The molecule has 0 saturated heterocycles. The Balaban J connectivity index is 6.05. The average molecular weight is 613 g/mol. The second-order valence-electron chi connectivity index (χ2n) is 7.22. The Morgan fingerprint density at radius 3 is 1.76 bits per heavy atom. The quantitative estimate of drug-likeness (QED) is 0.0843. The van der Waals surface area contributed by atoms with E-state index < -0.39 is 95.0 Å². The third kappa shape index (κ3) is 8.32. The van der Waals surface area contributed by atoms with E-state index in [0.29, 0.717) is 5.32 Å². The number of carbonyl (C=O) groups excluding carboxylic acids is 2. The molecule has 2 N–H and O–H groups in total. The smallest absolute Gasteiger partial charge is 0.412 e. The van der Waals surface area contributed by atoms with E-state index in [0.717, 1.165) is 0 Å². The molecular formula is C16H16F13NO7S. The van der Waals surface area contributed by atoms with Crippen molar-refractivity contribution in [3.8, 4) is 0 Å². The Labute approximate surface area is 203 Å². The first-order valence-corrected chi connectivity index (χ1v) is 10.8. The van der Waals surface area contributed by atoms with Crippen LogP contribution in [0.25, 0.3) is 0 Å². The first-order valence-electron chi connectivity index (χ1n) is 9.35. The molecule has 0 aliphatic rings. The molecule has 0 spiro atoms. The van der Waals surface area contributed by atoms with Gasteiger partial charge in [-0.15, -0.1) is 0 Å². The highest BCUT2D eigenvalue weighted by Crippen LogP contribution is 2.42. The third-order valence-electron chi connectivity index (χ3n) is 4.28. The van der Waals surface area contributed by atoms with Gasteiger partial charge >= 0.3 is 57.5 Å². The molecule has 0 heterocycles. The minimum atomic E-state index is -6.68. The lowest BCUT2D eigenvalue weighted by molar-refractivity contribution is -0.348. The van der Waals surface area contributed by atoms with Crippen molar-refractivity contribution in [3.63, 3.8) is 0 Å². The standard InChI is InChI=1S/C16H16F13NO7S/c1-7(13(19,20)21)9(31)37-12(15(25,26)27,10(32)30-8(2)14(22,23)24)36-6-4-3-5-11(17,18)16(28,29)38(33,34)35/h8H,1,3-6H2,2H3,(H,30,32)(H,33,34,35). The molecular weight excluding hydrogens is 597 g/mol. The van der Waals surface area contributed by atoms with Crippen LogP contribution in [0.1, 0.15) is 26.2 Å². The number of rotatable bonds is 12. The Morgan fingerprint density at radius 1 is 0.921 bits per heavy atom. The van der Waals surface area contributed by atoms with Gasteiger partial charge in [0, 0.05) is 6.42 Å². The summed E-state index contributed by atoms with van der Waals surface area (Å²) < 4.78 is 207. The van der Waals surface area contributed by atoms with Crippen LogP contribution in [0.4, 0.5) is 57.1 Å². The van der Waals surface area contributed by atoms with Crippen molar-refractivity contribution in [1.82, 2.24) is 5.32 Å². The highest BCUT2D eigenvalue weighted by Gasteiger charge is 2.68. The van der Waals surface area contributed by atoms with Crippen LogP contribution >= 0.6 is 0 Å². The van der Waals surface area contributed by atoms with Crippen LogP contribution in [0, 0.1) is 0 Å². The van der Waals surface area contributed by atoms with Crippen molar-refractivity contribution in [1.29, 1.82) is 0 Å². The van der Waals surface area contributed by atoms with Gasteiger partial charge in [0.05, 0.1) is 6.61 Å². The summed E-state index contributed by atoms with van der Waals surface area (Å²) >= 11 is 0. The van der Waals surface area contributed by atoms with Crippen LogP contribution in [0.5, 0.6) is 0 Å². The molecule has 8 nitrogen and oxygen atoms in total. The van der Waals surface area contributed by atoms with Crippen LogP contribution in [0.15, 0.2) is 12.2 Å². The van der Waals surface area contributed by atoms with Gasteiger partial charge in [-0.05, 0) is 19.8 Å². The molecule has 0 aromatic rings. The Hall–Kier alpha value is -2.36. The number of carbonyl (C=O) groups is 2. The lowest BCUT2D eigenvalue weighted by Crippen LogP contribution is -2.64. The zero-order valence-electron chi connectivity index (χ0n) is 18.3. The molecule has 0 saturated carbocycles. The predicted octanol–water partition coefficient (Wildman–Crippen LogP) is 4.28. The fourth-order valence-electron chi connectivity index (χ4n) is 2.09. The number of halogens is 13. The molecule has 0 bridgehead atoms. The molecule has 0 aromatic heterocycles. The van der Waals surface area contributed by atoms with Gasteiger partial charge in [0.15, 0.2) is 0 Å². The Morgan fingerprint density at radius 2 is 1.39 bits per heavy atom. The van der Waals surface area contributed by atoms with Gasteiger partial charge in [0.2, 0.25) is 0 Å². The number of hydrogen-bond donors (Lipinski definition) is 2. The second-order valence-corrected chi connectivity index (χ2v) is 8.68. The van der Waals surface area contributed by atoms with Crippen molar-refractivity contribution in [2.24, 2.45) is 0 Å². The summed E-state index contributed by atoms with van der Waals surface area (Å²) in [4.78, 5) is 23.7. The highest BCUT2D eigenvalue weighted by atomic mass is 32.2. The van der Waals surface area contributed by atoms with E-state index in [9.17, 15) is 75.1 Å². The van der Waals surface area contributed by atoms with E-state index in [1.54, 1.807) is 0 Å². The fourth-order valence-corrected chi connectivity index (χ4v) is 2.57. The Bertz CT molecular complexity index is 989. The van der Waals surface area contributed by atoms with Crippen molar-refractivity contribution in [2.75, 3.05) is 6.61 Å². The molecule has 0 aliphatic heterocycles. The summed E-state index contributed by atoms with van der Waals surface area (Å²) in [6, 6.07) is -3.15. The van der Waals surface area contributed by atoms with E-state index in [1.165, 1.54) is 0 Å². The van der Waals surface area contributed by atoms with Gasteiger partial charge in [-0.1, -0.05) is 6.58 Å². The topological polar surface area (TPSA) is 119 Å². The molecule has 0 aromatic carbocycles. The van der Waals surface area contributed by atoms with E-state index >= 15 is 0 Å². The monoisotopic (exact) mass is 613 g/mol. The van der Waals surface area contributed by atoms with Crippen LogP contribution in [-0.2, 0) is 29.2 Å². The second kappa shape index (κ2) is 11.4. The van der Waals surface area contributed by atoms with Gasteiger partial charge in [-0.3, -0.25) is 9.35 Å². The fraction of sp³-hybridized carbons (Fsp3) is 0.750. The summed E-state index contributed by atoms with van der Waals surface area (Å²) in [7, 11) is -6.68. The molecule has 0 radical (unpaired) electrons. The van der Waals surface area contributed by atoms with Crippen molar-refractivity contribution in [3.05, 3.63) is 12.2 Å².